The second-order valence-electron chi connectivity index (χ2n) is 4.83. The molecule has 1 aromatic carbocycles. The smallest absolute Gasteiger partial charge is 0.256 e. The summed E-state index contributed by atoms with van der Waals surface area (Å²) in [5, 5.41) is 8.69. The SMILES string of the molecule is Cc1ccc(C(=O)N(CCC#N)C2CC2)c(NN)c1. The Kier molecular flexibility index (Phi) is 4.03. The molecule has 0 atom stereocenters. The van der Waals surface area contributed by atoms with E-state index < -0.39 is 0 Å². The van der Waals surface area contributed by atoms with Gasteiger partial charge in [0.25, 0.3) is 5.91 Å². The number of carbonyl (C=O) groups excluding carboxylic acids is 1. The number of hydrogen-bond donors (Lipinski definition) is 2. The number of rotatable bonds is 5. The van der Waals surface area contributed by atoms with Crippen LogP contribution in [0.15, 0.2) is 18.2 Å². The molecule has 2 rings (SSSR count). The van der Waals surface area contributed by atoms with Crippen molar-refractivity contribution in [1.82, 2.24) is 4.90 Å². The minimum absolute atomic E-state index is 0.0503. The van der Waals surface area contributed by atoms with Gasteiger partial charge in [-0.3, -0.25) is 10.6 Å². The molecule has 0 heterocycles. The van der Waals surface area contributed by atoms with Crippen LogP contribution in [0.25, 0.3) is 0 Å². The number of hydrazine groups is 1. The van der Waals surface area contributed by atoms with E-state index in [4.69, 9.17) is 11.1 Å². The highest BCUT2D eigenvalue weighted by molar-refractivity contribution is 6.00. The minimum Gasteiger partial charge on any atom is -0.335 e. The zero-order chi connectivity index (χ0) is 13.8. The number of amides is 1. The summed E-state index contributed by atoms with van der Waals surface area (Å²) < 4.78 is 0. The lowest BCUT2D eigenvalue weighted by Crippen LogP contribution is -2.34. The van der Waals surface area contributed by atoms with Crippen LogP contribution in [-0.2, 0) is 0 Å². The van der Waals surface area contributed by atoms with Crippen molar-refractivity contribution in [1.29, 1.82) is 5.26 Å². The average Bonchev–Trinajstić information content (AvgIpc) is 3.23. The van der Waals surface area contributed by atoms with Gasteiger partial charge in [0.15, 0.2) is 0 Å². The molecular weight excluding hydrogens is 240 g/mol. The van der Waals surface area contributed by atoms with Crippen molar-refractivity contribution in [2.24, 2.45) is 5.84 Å². The van der Waals surface area contributed by atoms with Gasteiger partial charge in [-0.05, 0) is 37.5 Å². The maximum absolute atomic E-state index is 12.5. The summed E-state index contributed by atoms with van der Waals surface area (Å²) in [5.74, 6) is 5.43. The molecule has 0 unspecified atom stereocenters. The Bertz CT molecular complexity index is 517. The third-order valence-electron chi connectivity index (χ3n) is 3.27. The largest absolute Gasteiger partial charge is 0.335 e. The Labute approximate surface area is 113 Å². The van der Waals surface area contributed by atoms with Crippen molar-refractivity contribution in [2.45, 2.75) is 32.2 Å². The van der Waals surface area contributed by atoms with E-state index in [1.807, 2.05) is 19.1 Å². The summed E-state index contributed by atoms with van der Waals surface area (Å²) in [6, 6.07) is 7.90. The number of carbonyl (C=O) groups is 1. The fourth-order valence-electron chi connectivity index (χ4n) is 2.13. The van der Waals surface area contributed by atoms with Gasteiger partial charge in [0.05, 0.1) is 23.7 Å². The summed E-state index contributed by atoms with van der Waals surface area (Å²) in [6.07, 6.45) is 2.41. The topological polar surface area (TPSA) is 82.2 Å². The molecule has 1 saturated carbocycles. The number of nitriles is 1. The van der Waals surface area contributed by atoms with Gasteiger partial charge >= 0.3 is 0 Å². The van der Waals surface area contributed by atoms with Crippen LogP contribution in [0.3, 0.4) is 0 Å². The molecule has 1 aromatic rings. The Morgan fingerprint density at radius 3 is 2.89 bits per heavy atom. The molecule has 5 nitrogen and oxygen atoms in total. The van der Waals surface area contributed by atoms with Crippen LogP contribution >= 0.6 is 0 Å². The van der Waals surface area contributed by atoms with Crippen molar-refractivity contribution in [3.8, 4) is 6.07 Å². The van der Waals surface area contributed by atoms with E-state index in [1.54, 1.807) is 11.0 Å². The van der Waals surface area contributed by atoms with Gasteiger partial charge in [-0.25, -0.2) is 0 Å². The number of benzene rings is 1. The van der Waals surface area contributed by atoms with Crippen molar-refractivity contribution >= 4 is 11.6 Å². The molecule has 0 aromatic heterocycles. The number of anilines is 1. The lowest BCUT2D eigenvalue weighted by Gasteiger charge is -2.22. The Hall–Kier alpha value is -2.06. The monoisotopic (exact) mass is 258 g/mol. The molecule has 5 heteroatoms. The van der Waals surface area contributed by atoms with Crippen LogP contribution in [0.4, 0.5) is 5.69 Å². The minimum atomic E-state index is -0.0503. The van der Waals surface area contributed by atoms with Gasteiger partial charge in [0.1, 0.15) is 0 Å². The quantitative estimate of drug-likeness (QED) is 0.623. The molecule has 1 amide bonds. The molecule has 0 radical (unpaired) electrons. The Morgan fingerprint density at radius 1 is 1.58 bits per heavy atom. The summed E-state index contributed by atoms with van der Waals surface area (Å²) in [5.41, 5.74) is 4.82. The third-order valence-corrected chi connectivity index (χ3v) is 3.27. The van der Waals surface area contributed by atoms with E-state index in [0.29, 0.717) is 24.2 Å². The summed E-state index contributed by atoms with van der Waals surface area (Å²) in [4.78, 5) is 14.3. The molecule has 0 spiro atoms. The van der Waals surface area contributed by atoms with Crippen molar-refractivity contribution < 1.29 is 4.79 Å². The third kappa shape index (κ3) is 3.04. The van der Waals surface area contributed by atoms with Crippen LogP contribution in [0.1, 0.15) is 35.2 Å². The normalized spacial score (nSPS) is 13.7. The van der Waals surface area contributed by atoms with E-state index in [0.717, 1.165) is 18.4 Å². The Balaban J connectivity index is 2.23. The highest BCUT2D eigenvalue weighted by atomic mass is 16.2. The van der Waals surface area contributed by atoms with E-state index >= 15 is 0 Å². The highest BCUT2D eigenvalue weighted by Gasteiger charge is 2.33. The number of nitrogens with zero attached hydrogens (tertiary/aromatic N) is 2. The first-order chi connectivity index (χ1) is 9.17. The Morgan fingerprint density at radius 2 is 2.32 bits per heavy atom. The lowest BCUT2D eigenvalue weighted by molar-refractivity contribution is 0.0748. The average molecular weight is 258 g/mol. The highest BCUT2D eigenvalue weighted by Crippen LogP contribution is 2.30. The van der Waals surface area contributed by atoms with Gasteiger partial charge in [-0.15, -0.1) is 0 Å². The molecular formula is C14H18N4O. The van der Waals surface area contributed by atoms with Gasteiger partial charge in [0, 0.05) is 12.6 Å². The fourth-order valence-corrected chi connectivity index (χ4v) is 2.13. The molecule has 1 fully saturated rings. The number of nitrogen functional groups attached to an aromatic ring is 1. The predicted molar refractivity (Wildman–Crippen MR) is 73.3 cm³/mol. The number of nitrogens with one attached hydrogen (secondary N) is 1. The molecule has 3 N–H and O–H groups in total. The molecule has 19 heavy (non-hydrogen) atoms. The summed E-state index contributed by atoms with van der Waals surface area (Å²) in [7, 11) is 0. The van der Waals surface area contributed by atoms with Gasteiger partial charge in [-0.1, -0.05) is 6.07 Å². The zero-order valence-corrected chi connectivity index (χ0v) is 11.0. The standard InChI is InChI=1S/C14H18N4O/c1-10-3-6-12(13(9-10)17-16)14(19)18(8-2-7-15)11-4-5-11/h3,6,9,11,17H,2,4-5,8,16H2,1H3. The molecule has 0 bridgehead atoms. The maximum atomic E-state index is 12.5. The number of hydrogen-bond acceptors (Lipinski definition) is 4. The molecule has 1 aliphatic carbocycles. The summed E-state index contributed by atoms with van der Waals surface area (Å²) in [6.45, 7) is 2.43. The number of nitrogens with two attached hydrogens (primary N) is 1. The second kappa shape index (κ2) is 5.72. The maximum Gasteiger partial charge on any atom is 0.256 e. The van der Waals surface area contributed by atoms with Crippen molar-refractivity contribution in [2.75, 3.05) is 12.0 Å². The van der Waals surface area contributed by atoms with E-state index in [2.05, 4.69) is 11.5 Å². The van der Waals surface area contributed by atoms with Crippen LogP contribution in [0, 0.1) is 18.3 Å². The number of aryl methyl sites for hydroxylation is 1. The van der Waals surface area contributed by atoms with Crippen LogP contribution < -0.4 is 11.3 Å². The van der Waals surface area contributed by atoms with Gasteiger partial charge < -0.3 is 10.3 Å². The first kappa shape index (κ1) is 13.4. The molecule has 0 saturated heterocycles. The predicted octanol–water partition coefficient (Wildman–Crippen LogP) is 1.80. The van der Waals surface area contributed by atoms with Gasteiger partial charge in [0.2, 0.25) is 0 Å². The second-order valence-corrected chi connectivity index (χ2v) is 4.83. The first-order valence-electron chi connectivity index (χ1n) is 6.42. The molecule has 1 aliphatic rings. The fraction of sp³-hybridized carbons (Fsp3) is 0.429. The van der Waals surface area contributed by atoms with E-state index in [1.165, 1.54) is 0 Å². The molecule has 100 valence electrons. The van der Waals surface area contributed by atoms with Crippen LogP contribution in [-0.4, -0.2) is 23.4 Å². The van der Waals surface area contributed by atoms with Gasteiger partial charge in [-0.2, -0.15) is 5.26 Å². The van der Waals surface area contributed by atoms with Crippen LogP contribution in [0.2, 0.25) is 0 Å². The van der Waals surface area contributed by atoms with E-state index in [-0.39, 0.29) is 11.9 Å². The first-order valence-corrected chi connectivity index (χ1v) is 6.42. The van der Waals surface area contributed by atoms with Crippen molar-refractivity contribution in [3.63, 3.8) is 0 Å². The van der Waals surface area contributed by atoms with Crippen LogP contribution in [0.5, 0.6) is 0 Å². The van der Waals surface area contributed by atoms with E-state index in [9.17, 15) is 4.79 Å². The summed E-state index contributed by atoms with van der Waals surface area (Å²) >= 11 is 0. The zero-order valence-electron chi connectivity index (χ0n) is 11.0. The van der Waals surface area contributed by atoms with Crippen molar-refractivity contribution in [3.05, 3.63) is 29.3 Å². The lowest BCUT2D eigenvalue weighted by atomic mass is 10.1. The molecule has 0 aliphatic heterocycles.